The number of methoxy groups -OCH3 is 1. The molecule has 0 amide bonds. The van der Waals surface area contributed by atoms with E-state index in [9.17, 15) is 9.18 Å². The van der Waals surface area contributed by atoms with Crippen LogP contribution in [-0.2, 0) is 9.53 Å². The Hall–Kier alpha value is -1.58. The summed E-state index contributed by atoms with van der Waals surface area (Å²) in [5, 5.41) is 0. The third-order valence-electron chi connectivity index (χ3n) is 3.05. The van der Waals surface area contributed by atoms with Crippen molar-refractivity contribution >= 4 is 5.97 Å². The first-order chi connectivity index (χ1) is 8.20. The number of halogens is 1. The van der Waals surface area contributed by atoms with E-state index in [1.807, 2.05) is 0 Å². The molecule has 92 valence electrons. The molecule has 0 unspecified atom stereocenters. The predicted molar refractivity (Wildman–Crippen MR) is 60.2 cm³/mol. The Morgan fingerprint density at radius 1 is 1.35 bits per heavy atom. The Labute approximate surface area is 99.5 Å². The summed E-state index contributed by atoms with van der Waals surface area (Å²) in [4.78, 5) is 11.3. The van der Waals surface area contributed by atoms with Crippen molar-refractivity contribution < 1.29 is 18.7 Å². The van der Waals surface area contributed by atoms with Crippen LogP contribution < -0.4 is 4.74 Å². The van der Waals surface area contributed by atoms with Crippen LogP contribution in [0.15, 0.2) is 24.3 Å². The highest BCUT2D eigenvalue weighted by Gasteiger charge is 2.32. The van der Waals surface area contributed by atoms with E-state index < -0.39 is 0 Å². The number of carbonyl (C=O) groups excluding carboxylic acids is 1. The van der Waals surface area contributed by atoms with E-state index in [2.05, 4.69) is 4.74 Å². The minimum absolute atomic E-state index is 0.101. The van der Waals surface area contributed by atoms with Crippen molar-refractivity contribution in [2.24, 2.45) is 5.92 Å². The summed E-state index contributed by atoms with van der Waals surface area (Å²) < 4.78 is 23.6. The van der Waals surface area contributed by atoms with Gasteiger partial charge in [0.2, 0.25) is 0 Å². The van der Waals surface area contributed by atoms with Gasteiger partial charge >= 0.3 is 5.97 Å². The molecule has 0 N–H and O–H groups in total. The molecule has 0 spiro atoms. The molecule has 0 aliphatic heterocycles. The topological polar surface area (TPSA) is 35.5 Å². The number of hydrogen-bond acceptors (Lipinski definition) is 3. The zero-order valence-electron chi connectivity index (χ0n) is 9.69. The molecule has 0 saturated heterocycles. The maximum absolute atomic E-state index is 13.3. The predicted octanol–water partition coefficient (Wildman–Crippen LogP) is 2.55. The van der Waals surface area contributed by atoms with Gasteiger partial charge in [-0.2, -0.15) is 0 Å². The average molecular weight is 238 g/mol. The average Bonchev–Trinajstić information content (AvgIpc) is 2.80. The molecule has 2 rings (SSSR count). The Morgan fingerprint density at radius 2 is 2.12 bits per heavy atom. The Kier molecular flexibility index (Phi) is 3.61. The van der Waals surface area contributed by atoms with Crippen molar-refractivity contribution in [2.75, 3.05) is 7.11 Å². The summed E-state index contributed by atoms with van der Waals surface area (Å²) in [6.45, 7) is 0. The molecule has 1 aliphatic rings. The van der Waals surface area contributed by atoms with Gasteiger partial charge in [-0.1, -0.05) is 12.1 Å². The van der Waals surface area contributed by atoms with Gasteiger partial charge in [0.1, 0.15) is 0 Å². The van der Waals surface area contributed by atoms with Crippen LogP contribution in [0.3, 0.4) is 0 Å². The molecule has 3 nitrogen and oxygen atoms in total. The maximum atomic E-state index is 13.3. The maximum Gasteiger partial charge on any atom is 0.308 e. The number of ether oxygens (including phenoxy) is 2. The first-order valence-corrected chi connectivity index (χ1v) is 5.69. The summed E-state index contributed by atoms with van der Waals surface area (Å²) >= 11 is 0. The second-order valence-electron chi connectivity index (χ2n) is 4.20. The van der Waals surface area contributed by atoms with Crippen molar-refractivity contribution in [1.82, 2.24) is 0 Å². The molecule has 0 heterocycles. The summed E-state index contributed by atoms with van der Waals surface area (Å²) in [6, 6.07) is 6.31. The van der Waals surface area contributed by atoms with Crippen LogP contribution in [0.2, 0.25) is 0 Å². The third-order valence-corrected chi connectivity index (χ3v) is 3.05. The fourth-order valence-corrected chi connectivity index (χ4v) is 2.15. The minimum atomic E-state index is -0.367. The first kappa shape index (κ1) is 11.9. The lowest BCUT2D eigenvalue weighted by Crippen LogP contribution is -2.17. The first-order valence-electron chi connectivity index (χ1n) is 5.69. The standard InChI is InChI=1S/C13H15FO3/c1-16-13(15)9-6-7-10(8-9)17-12-5-3-2-4-11(12)14/h2-5,9-10H,6-8H2,1H3/t9-,10-/m0/s1. The van der Waals surface area contributed by atoms with Gasteiger partial charge in [0, 0.05) is 0 Å². The van der Waals surface area contributed by atoms with Crippen LogP contribution in [0, 0.1) is 11.7 Å². The molecular weight excluding hydrogens is 223 g/mol. The summed E-state index contributed by atoms with van der Waals surface area (Å²) in [6.07, 6.45) is 2.00. The number of rotatable bonds is 3. The van der Waals surface area contributed by atoms with Crippen molar-refractivity contribution in [1.29, 1.82) is 0 Å². The van der Waals surface area contributed by atoms with E-state index in [-0.39, 0.29) is 29.6 Å². The zero-order valence-corrected chi connectivity index (χ0v) is 9.69. The van der Waals surface area contributed by atoms with Crippen LogP contribution in [0.25, 0.3) is 0 Å². The normalized spacial score (nSPS) is 23.4. The molecule has 2 atom stereocenters. The number of benzene rings is 1. The van der Waals surface area contributed by atoms with Gasteiger partial charge < -0.3 is 9.47 Å². The van der Waals surface area contributed by atoms with E-state index in [4.69, 9.17) is 4.74 Å². The van der Waals surface area contributed by atoms with Crippen molar-refractivity contribution in [3.8, 4) is 5.75 Å². The Bertz CT molecular complexity index is 405. The number of hydrogen-bond donors (Lipinski definition) is 0. The molecule has 1 aliphatic carbocycles. The quantitative estimate of drug-likeness (QED) is 0.759. The fraction of sp³-hybridized carbons (Fsp3) is 0.462. The van der Waals surface area contributed by atoms with Crippen LogP contribution in [0.4, 0.5) is 4.39 Å². The van der Waals surface area contributed by atoms with E-state index in [0.29, 0.717) is 6.42 Å². The SMILES string of the molecule is COC(=O)[C@H]1CC[C@H](Oc2ccccc2F)C1. The lowest BCUT2D eigenvalue weighted by Gasteiger charge is -2.14. The molecule has 0 radical (unpaired) electrons. The Morgan fingerprint density at radius 3 is 2.82 bits per heavy atom. The smallest absolute Gasteiger partial charge is 0.308 e. The van der Waals surface area contributed by atoms with E-state index in [0.717, 1.165) is 12.8 Å². The van der Waals surface area contributed by atoms with Crippen LogP contribution in [0.5, 0.6) is 5.75 Å². The lowest BCUT2D eigenvalue weighted by atomic mass is 10.1. The van der Waals surface area contributed by atoms with Crippen molar-refractivity contribution in [3.63, 3.8) is 0 Å². The highest BCUT2D eigenvalue weighted by Crippen LogP contribution is 2.30. The highest BCUT2D eigenvalue weighted by molar-refractivity contribution is 5.72. The van der Waals surface area contributed by atoms with E-state index in [1.54, 1.807) is 18.2 Å². The van der Waals surface area contributed by atoms with Gasteiger partial charge in [-0.25, -0.2) is 4.39 Å². The van der Waals surface area contributed by atoms with Crippen molar-refractivity contribution in [3.05, 3.63) is 30.1 Å². The van der Waals surface area contributed by atoms with E-state index in [1.165, 1.54) is 13.2 Å². The molecule has 0 bridgehead atoms. The summed E-state index contributed by atoms with van der Waals surface area (Å²) in [5.74, 6) is -0.432. The molecule has 1 aromatic carbocycles. The number of esters is 1. The van der Waals surface area contributed by atoms with Crippen LogP contribution in [0.1, 0.15) is 19.3 Å². The van der Waals surface area contributed by atoms with Gasteiger partial charge in [0.25, 0.3) is 0 Å². The molecule has 0 aromatic heterocycles. The monoisotopic (exact) mass is 238 g/mol. The van der Waals surface area contributed by atoms with Gasteiger partial charge in [-0.3, -0.25) is 4.79 Å². The van der Waals surface area contributed by atoms with Gasteiger partial charge in [-0.05, 0) is 31.4 Å². The minimum Gasteiger partial charge on any atom is -0.487 e. The number of carbonyl (C=O) groups is 1. The van der Waals surface area contributed by atoms with Crippen LogP contribution in [-0.4, -0.2) is 19.2 Å². The molecular formula is C13H15FO3. The zero-order chi connectivity index (χ0) is 12.3. The molecule has 1 fully saturated rings. The third kappa shape index (κ3) is 2.75. The van der Waals surface area contributed by atoms with Gasteiger partial charge in [0.05, 0.1) is 19.1 Å². The molecule has 1 aromatic rings. The van der Waals surface area contributed by atoms with Crippen LogP contribution >= 0.6 is 0 Å². The fourth-order valence-electron chi connectivity index (χ4n) is 2.15. The lowest BCUT2D eigenvalue weighted by molar-refractivity contribution is -0.145. The van der Waals surface area contributed by atoms with Gasteiger partial charge in [0.15, 0.2) is 11.6 Å². The van der Waals surface area contributed by atoms with Crippen molar-refractivity contribution in [2.45, 2.75) is 25.4 Å². The second-order valence-corrected chi connectivity index (χ2v) is 4.20. The van der Waals surface area contributed by atoms with Gasteiger partial charge in [-0.15, -0.1) is 0 Å². The molecule has 17 heavy (non-hydrogen) atoms. The summed E-state index contributed by atoms with van der Waals surface area (Å²) in [5.41, 5.74) is 0. The Balaban J connectivity index is 1.94. The highest BCUT2D eigenvalue weighted by atomic mass is 19.1. The second kappa shape index (κ2) is 5.17. The largest absolute Gasteiger partial charge is 0.487 e. The van der Waals surface area contributed by atoms with E-state index >= 15 is 0 Å². The summed E-state index contributed by atoms with van der Waals surface area (Å²) in [7, 11) is 1.38. The number of para-hydroxylation sites is 1. The molecule has 1 saturated carbocycles. The molecule has 4 heteroatoms.